The highest BCUT2D eigenvalue weighted by Crippen LogP contribution is 2.32. The summed E-state index contributed by atoms with van der Waals surface area (Å²) in [4.78, 5) is 11.5. The van der Waals surface area contributed by atoms with Crippen LogP contribution in [0.15, 0.2) is 21.4 Å². The molecule has 0 aromatic carbocycles. The predicted octanol–water partition coefficient (Wildman–Crippen LogP) is 2.68. The van der Waals surface area contributed by atoms with Crippen LogP contribution in [0.25, 0.3) is 0 Å². The van der Waals surface area contributed by atoms with Gasteiger partial charge >= 0.3 is 0 Å². The van der Waals surface area contributed by atoms with Gasteiger partial charge in [0.15, 0.2) is 5.78 Å². The van der Waals surface area contributed by atoms with Crippen LogP contribution in [0.1, 0.15) is 13.3 Å². The van der Waals surface area contributed by atoms with Gasteiger partial charge in [0, 0.05) is 0 Å². The molecule has 0 unspecified atom stereocenters. The zero-order valence-corrected chi connectivity index (χ0v) is 7.13. The van der Waals surface area contributed by atoms with Crippen LogP contribution in [0, 0.1) is 0 Å². The Morgan fingerprint density at radius 2 is 2.40 bits per heavy atom. The highest BCUT2D eigenvalue weighted by Gasteiger charge is 2.08. The first-order valence-corrected chi connectivity index (χ1v) is 4.14. The van der Waals surface area contributed by atoms with E-state index in [0.29, 0.717) is 4.36 Å². The summed E-state index contributed by atoms with van der Waals surface area (Å²) in [6.45, 7) is 1.55. The minimum atomic E-state index is 0.0938. The Hall–Kier alpha value is -0.210. The van der Waals surface area contributed by atoms with Gasteiger partial charge in [-0.2, -0.15) is 0 Å². The smallest absolute Gasteiger partial charge is 0.166 e. The highest BCUT2D eigenvalue weighted by atomic mass is 35.5. The summed E-state index contributed by atoms with van der Waals surface area (Å²) >= 11 is 7.02. The Morgan fingerprint density at radius 1 is 1.70 bits per heavy atom. The number of halogens is 1. The Bertz CT molecular complexity index is 218. The lowest BCUT2D eigenvalue weighted by Crippen LogP contribution is -1.93. The fourth-order valence-corrected chi connectivity index (χ4v) is 1.71. The molecule has 0 fully saturated rings. The lowest BCUT2D eigenvalue weighted by molar-refractivity contribution is -0.112. The maximum Gasteiger partial charge on any atom is 0.166 e. The van der Waals surface area contributed by atoms with Crippen molar-refractivity contribution in [3.8, 4) is 0 Å². The van der Waals surface area contributed by atoms with Gasteiger partial charge in [0.05, 0.1) is 9.27 Å². The normalized spacial score (nSPS) is 17.8. The Morgan fingerprint density at radius 3 is 2.80 bits per heavy atom. The van der Waals surface area contributed by atoms with Crippen molar-refractivity contribution in [2.24, 2.45) is 0 Å². The number of hydrogen-bond acceptors (Lipinski definition) is 2. The van der Waals surface area contributed by atoms with Crippen molar-refractivity contribution in [3.63, 3.8) is 0 Å². The number of rotatable bonds is 1. The van der Waals surface area contributed by atoms with Gasteiger partial charge in [-0.1, -0.05) is 35.5 Å². The van der Waals surface area contributed by atoms with Gasteiger partial charge in [0.1, 0.15) is 0 Å². The van der Waals surface area contributed by atoms with Crippen LogP contribution in [0.4, 0.5) is 0 Å². The highest BCUT2D eigenvalue weighted by molar-refractivity contribution is 8.09. The fourth-order valence-electron chi connectivity index (χ4n) is 0.663. The van der Waals surface area contributed by atoms with Gasteiger partial charge in [0.2, 0.25) is 0 Å². The SMILES string of the molecule is CC(=O)C1=CCC=C(Cl)S1. The lowest BCUT2D eigenvalue weighted by atomic mass is 10.3. The molecule has 0 saturated carbocycles. The van der Waals surface area contributed by atoms with E-state index in [1.165, 1.54) is 11.8 Å². The van der Waals surface area contributed by atoms with E-state index < -0.39 is 0 Å². The number of Topliss-reactive ketones (excluding diaryl/α,β-unsaturated/α-hetero) is 1. The molecular formula is C7H7ClOS. The number of thioether (sulfide) groups is 1. The minimum Gasteiger partial charge on any atom is -0.294 e. The number of carbonyl (C=O) groups is 1. The topological polar surface area (TPSA) is 17.1 Å². The molecule has 3 heteroatoms. The first kappa shape index (κ1) is 7.89. The van der Waals surface area contributed by atoms with Crippen molar-refractivity contribution in [2.45, 2.75) is 13.3 Å². The summed E-state index contributed by atoms with van der Waals surface area (Å²) in [6.07, 6.45) is 4.55. The zero-order valence-electron chi connectivity index (χ0n) is 5.56. The molecule has 1 aliphatic rings. The maximum absolute atomic E-state index is 10.8. The Balaban J connectivity index is 2.66. The molecule has 0 atom stereocenters. The van der Waals surface area contributed by atoms with Crippen molar-refractivity contribution in [1.82, 2.24) is 0 Å². The Labute approximate surface area is 69.1 Å². The van der Waals surface area contributed by atoms with Gasteiger partial charge in [-0.3, -0.25) is 4.79 Å². The van der Waals surface area contributed by atoms with E-state index in [4.69, 9.17) is 11.6 Å². The van der Waals surface area contributed by atoms with E-state index in [2.05, 4.69) is 0 Å². The van der Waals surface area contributed by atoms with Crippen LogP contribution < -0.4 is 0 Å². The molecule has 0 N–H and O–H groups in total. The van der Waals surface area contributed by atoms with Crippen LogP contribution in [0.3, 0.4) is 0 Å². The van der Waals surface area contributed by atoms with Crippen molar-refractivity contribution in [1.29, 1.82) is 0 Å². The third-order valence-electron chi connectivity index (χ3n) is 1.14. The van der Waals surface area contributed by atoms with Crippen molar-refractivity contribution >= 4 is 29.1 Å². The summed E-state index contributed by atoms with van der Waals surface area (Å²) in [5.41, 5.74) is 0. The molecule has 1 aliphatic heterocycles. The van der Waals surface area contributed by atoms with Crippen molar-refractivity contribution in [2.75, 3.05) is 0 Å². The molecule has 1 nitrogen and oxygen atoms in total. The average molecular weight is 175 g/mol. The van der Waals surface area contributed by atoms with E-state index in [-0.39, 0.29) is 5.78 Å². The maximum atomic E-state index is 10.8. The van der Waals surface area contributed by atoms with Gasteiger partial charge in [-0.25, -0.2) is 0 Å². The molecule has 54 valence electrons. The van der Waals surface area contributed by atoms with Crippen LogP contribution in [-0.4, -0.2) is 5.78 Å². The fraction of sp³-hybridized carbons (Fsp3) is 0.286. The molecule has 1 heterocycles. The van der Waals surface area contributed by atoms with Gasteiger partial charge in [0.25, 0.3) is 0 Å². The lowest BCUT2D eigenvalue weighted by Gasteiger charge is -2.05. The number of hydrogen-bond donors (Lipinski definition) is 0. The van der Waals surface area contributed by atoms with Crippen LogP contribution >= 0.6 is 23.4 Å². The molecule has 0 radical (unpaired) electrons. The standard InChI is InChI=1S/C7H7ClOS/c1-5(9)6-3-2-4-7(8)10-6/h3-4H,2H2,1H3. The third-order valence-corrected chi connectivity index (χ3v) is 2.56. The molecule has 10 heavy (non-hydrogen) atoms. The summed E-state index contributed by atoms with van der Waals surface area (Å²) in [6, 6.07) is 0. The van der Waals surface area contributed by atoms with E-state index in [9.17, 15) is 4.79 Å². The minimum absolute atomic E-state index is 0.0938. The monoisotopic (exact) mass is 174 g/mol. The Kier molecular flexibility index (Phi) is 2.57. The second-order valence-electron chi connectivity index (χ2n) is 1.97. The van der Waals surface area contributed by atoms with Crippen molar-refractivity contribution < 1.29 is 4.79 Å². The molecule has 0 bridgehead atoms. The van der Waals surface area contributed by atoms with E-state index >= 15 is 0 Å². The van der Waals surface area contributed by atoms with Gasteiger partial charge in [-0.05, 0) is 13.3 Å². The largest absolute Gasteiger partial charge is 0.294 e. The van der Waals surface area contributed by atoms with Crippen molar-refractivity contribution in [3.05, 3.63) is 21.4 Å². The first-order chi connectivity index (χ1) is 4.70. The van der Waals surface area contributed by atoms with Gasteiger partial charge in [-0.15, -0.1) is 0 Å². The number of ketones is 1. The molecule has 0 amide bonds. The number of carbonyl (C=O) groups excluding carboxylic acids is 1. The van der Waals surface area contributed by atoms with E-state index in [0.717, 1.165) is 11.3 Å². The summed E-state index contributed by atoms with van der Waals surface area (Å²) in [5.74, 6) is 0.0938. The summed E-state index contributed by atoms with van der Waals surface area (Å²) < 4.78 is 0.702. The first-order valence-electron chi connectivity index (χ1n) is 2.95. The molecule has 1 rings (SSSR count). The molecule has 0 aromatic heterocycles. The van der Waals surface area contributed by atoms with E-state index in [1.54, 1.807) is 6.92 Å². The molecule has 0 aromatic rings. The van der Waals surface area contributed by atoms with Crippen LogP contribution in [0.5, 0.6) is 0 Å². The van der Waals surface area contributed by atoms with Crippen LogP contribution in [-0.2, 0) is 4.79 Å². The van der Waals surface area contributed by atoms with Gasteiger partial charge < -0.3 is 0 Å². The zero-order chi connectivity index (χ0) is 7.56. The summed E-state index contributed by atoms with van der Waals surface area (Å²) in [7, 11) is 0. The predicted molar refractivity (Wildman–Crippen MR) is 44.9 cm³/mol. The molecule has 0 spiro atoms. The third kappa shape index (κ3) is 1.89. The number of allylic oxidation sites excluding steroid dienone is 3. The summed E-state index contributed by atoms with van der Waals surface area (Å²) in [5, 5.41) is 0. The second-order valence-corrected chi connectivity index (χ2v) is 3.69. The molecule has 0 saturated heterocycles. The second kappa shape index (κ2) is 3.26. The molecule has 0 aliphatic carbocycles. The quantitative estimate of drug-likeness (QED) is 0.608. The molecular weight excluding hydrogens is 168 g/mol. The average Bonchev–Trinajstić information content (AvgIpc) is 1.88. The van der Waals surface area contributed by atoms with Crippen LogP contribution in [0.2, 0.25) is 0 Å². The van der Waals surface area contributed by atoms with E-state index in [1.807, 2.05) is 12.2 Å².